The molecular weight excluding hydrogens is 250 g/mol. The second kappa shape index (κ2) is 5.14. The van der Waals surface area contributed by atoms with Crippen LogP contribution in [0.4, 0.5) is 0 Å². The van der Waals surface area contributed by atoms with Gasteiger partial charge in [0, 0.05) is 6.20 Å². The zero-order valence-electron chi connectivity index (χ0n) is 10.0. The summed E-state index contributed by atoms with van der Waals surface area (Å²) in [5.41, 5.74) is 7.24. The van der Waals surface area contributed by atoms with E-state index in [2.05, 4.69) is 10.1 Å². The molecule has 0 fully saturated rings. The third-order valence-corrected chi connectivity index (χ3v) is 3.65. The Bertz CT molecular complexity index is 593. The maximum absolute atomic E-state index is 8.83. The lowest BCUT2D eigenvalue weighted by molar-refractivity contribution is 0.318. The molecule has 0 saturated carbocycles. The summed E-state index contributed by atoms with van der Waals surface area (Å²) in [5, 5.41) is 12.6. The van der Waals surface area contributed by atoms with Gasteiger partial charge in [0.25, 0.3) is 0 Å². The fourth-order valence-electron chi connectivity index (χ4n) is 1.56. The predicted molar refractivity (Wildman–Crippen MR) is 69.1 cm³/mol. The summed E-state index contributed by atoms with van der Waals surface area (Å²) in [7, 11) is 0. The average molecular weight is 263 g/mol. The Morgan fingerprint density at radius 3 is 2.83 bits per heavy atom. The van der Waals surface area contributed by atoms with Gasteiger partial charge in [0.15, 0.2) is 5.84 Å². The number of amidine groups is 1. The molecule has 0 saturated heterocycles. The number of rotatable bonds is 3. The van der Waals surface area contributed by atoms with E-state index >= 15 is 0 Å². The highest BCUT2D eigenvalue weighted by Gasteiger charge is 2.14. The van der Waals surface area contributed by atoms with Crippen molar-refractivity contribution in [2.45, 2.75) is 23.8 Å². The molecule has 3 N–H and O–H groups in total. The first-order valence-corrected chi connectivity index (χ1v) is 6.10. The van der Waals surface area contributed by atoms with Crippen LogP contribution < -0.4 is 5.73 Å². The molecule has 0 radical (unpaired) electrons. The molecule has 2 heterocycles. The number of pyridine rings is 1. The Morgan fingerprint density at radius 1 is 1.44 bits per heavy atom. The van der Waals surface area contributed by atoms with Gasteiger partial charge in [0.1, 0.15) is 10.8 Å². The maximum Gasteiger partial charge on any atom is 0.173 e. The van der Waals surface area contributed by atoms with Crippen LogP contribution in [-0.2, 0) is 0 Å². The molecule has 6 heteroatoms. The highest BCUT2D eigenvalue weighted by Crippen LogP contribution is 2.32. The average Bonchev–Trinajstić information content (AvgIpc) is 2.74. The Kier molecular flexibility index (Phi) is 3.57. The molecule has 0 unspecified atom stereocenters. The van der Waals surface area contributed by atoms with Gasteiger partial charge in [-0.2, -0.15) is 0 Å². The van der Waals surface area contributed by atoms with E-state index in [1.54, 1.807) is 12.5 Å². The van der Waals surface area contributed by atoms with Crippen molar-refractivity contribution in [3.8, 4) is 0 Å². The SMILES string of the molecule is Cc1ccnc(Sc2ccoc2C)c1/C(N)=N/O. The van der Waals surface area contributed by atoms with Crippen LogP contribution in [0.2, 0.25) is 0 Å². The standard InChI is InChI=1S/C12H13N3O2S/c1-7-3-5-14-12(10(7)11(13)15-16)18-9-4-6-17-8(9)2/h3-6,16H,1-2H3,(H2,13,15). The minimum absolute atomic E-state index is 0.0595. The number of aryl methyl sites for hydroxylation is 2. The Labute approximate surface area is 109 Å². The lowest BCUT2D eigenvalue weighted by Gasteiger charge is -2.09. The second-order valence-corrected chi connectivity index (χ2v) is 4.77. The third kappa shape index (κ3) is 2.33. The number of hydrogen-bond acceptors (Lipinski definition) is 5. The lowest BCUT2D eigenvalue weighted by Crippen LogP contribution is -2.16. The zero-order chi connectivity index (χ0) is 13.1. The number of oxime groups is 1. The van der Waals surface area contributed by atoms with Crippen molar-refractivity contribution in [2.24, 2.45) is 10.9 Å². The van der Waals surface area contributed by atoms with E-state index in [4.69, 9.17) is 15.4 Å². The second-order valence-electron chi connectivity index (χ2n) is 3.74. The van der Waals surface area contributed by atoms with Crippen molar-refractivity contribution in [1.82, 2.24) is 4.98 Å². The van der Waals surface area contributed by atoms with E-state index in [9.17, 15) is 0 Å². The molecule has 2 rings (SSSR count). The summed E-state index contributed by atoms with van der Waals surface area (Å²) in [5.74, 6) is 0.873. The van der Waals surface area contributed by atoms with Crippen LogP contribution in [0.3, 0.4) is 0 Å². The lowest BCUT2D eigenvalue weighted by atomic mass is 10.1. The molecule has 0 bridgehead atoms. The van der Waals surface area contributed by atoms with Crippen molar-refractivity contribution in [3.05, 3.63) is 41.5 Å². The van der Waals surface area contributed by atoms with E-state index in [-0.39, 0.29) is 5.84 Å². The van der Waals surface area contributed by atoms with Gasteiger partial charge >= 0.3 is 0 Å². The van der Waals surface area contributed by atoms with Gasteiger partial charge in [-0.05, 0) is 31.5 Å². The van der Waals surface area contributed by atoms with Gasteiger partial charge in [-0.25, -0.2) is 4.98 Å². The molecule has 18 heavy (non-hydrogen) atoms. The molecule has 0 aliphatic rings. The van der Waals surface area contributed by atoms with Crippen molar-refractivity contribution < 1.29 is 9.62 Å². The molecule has 0 amide bonds. The molecule has 0 atom stereocenters. The Hall–Kier alpha value is -1.95. The first-order valence-electron chi connectivity index (χ1n) is 5.29. The molecule has 94 valence electrons. The van der Waals surface area contributed by atoms with Crippen molar-refractivity contribution >= 4 is 17.6 Å². The monoisotopic (exact) mass is 263 g/mol. The minimum atomic E-state index is 0.0595. The van der Waals surface area contributed by atoms with Crippen LogP contribution in [0.25, 0.3) is 0 Å². The summed E-state index contributed by atoms with van der Waals surface area (Å²) in [6, 6.07) is 3.68. The summed E-state index contributed by atoms with van der Waals surface area (Å²) < 4.78 is 5.23. The third-order valence-electron chi connectivity index (χ3n) is 2.51. The minimum Gasteiger partial charge on any atom is -0.468 e. The van der Waals surface area contributed by atoms with E-state index in [1.165, 1.54) is 11.8 Å². The number of nitrogens with zero attached hydrogens (tertiary/aromatic N) is 2. The molecule has 2 aromatic heterocycles. The molecule has 2 aromatic rings. The first-order chi connectivity index (χ1) is 8.63. The predicted octanol–water partition coefficient (Wildman–Crippen LogP) is 2.54. The van der Waals surface area contributed by atoms with Crippen LogP contribution in [0.15, 0.2) is 44.1 Å². The van der Waals surface area contributed by atoms with E-state index in [0.717, 1.165) is 16.2 Å². The number of aromatic nitrogens is 1. The van der Waals surface area contributed by atoms with Gasteiger partial charge in [-0.3, -0.25) is 0 Å². The molecule has 0 aliphatic heterocycles. The van der Waals surface area contributed by atoms with Crippen LogP contribution >= 0.6 is 11.8 Å². The first kappa shape index (κ1) is 12.5. The molecule has 5 nitrogen and oxygen atoms in total. The normalized spacial score (nSPS) is 11.8. The summed E-state index contributed by atoms with van der Waals surface area (Å²) in [6.07, 6.45) is 3.32. The van der Waals surface area contributed by atoms with Crippen molar-refractivity contribution in [3.63, 3.8) is 0 Å². The summed E-state index contributed by atoms with van der Waals surface area (Å²) >= 11 is 1.43. The van der Waals surface area contributed by atoms with E-state index in [1.807, 2.05) is 26.0 Å². The van der Waals surface area contributed by atoms with Gasteiger partial charge in [-0.1, -0.05) is 16.9 Å². The Morgan fingerprint density at radius 2 is 2.22 bits per heavy atom. The number of furan rings is 1. The molecule has 0 spiro atoms. The smallest absolute Gasteiger partial charge is 0.173 e. The summed E-state index contributed by atoms with van der Waals surface area (Å²) in [6.45, 7) is 3.77. The van der Waals surface area contributed by atoms with E-state index < -0.39 is 0 Å². The highest BCUT2D eigenvalue weighted by atomic mass is 32.2. The van der Waals surface area contributed by atoms with Gasteiger partial charge in [0.05, 0.1) is 16.7 Å². The van der Waals surface area contributed by atoms with Gasteiger partial charge < -0.3 is 15.4 Å². The quantitative estimate of drug-likeness (QED) is 0.385. The largest absolute Gasteiger partial charge is 0.468 e. The molecule has 0 aromatic carbocycles. The van der Waals surface area contributed by atoms with Gasteiger partial charge in [-0.15, -0.1) is 0 Å². The van der Waals surface area contributed by atoms with Crippen LogP contribution in [0.1, 0.15) is 16.9 Å². The number of nitrogens with two attached hydrogens (primary N) is 1. The molecular formula is C12H13N3O2S. The van der Waals surface area contributed by atoms with Crippen LogP contribution in [0, 0.1) is 13.8 Å². The van der Waals surface area contributed by atoms with Crippen LogP contribution in [-0.4, -0.2) is 16.0 Å². The zero-order valence-corrected chi connectivity index (χ0v) is 10.9. The summed E-state index contributed by atoms with van der Waals surface area (Å²) in [4.78, 5) is 5.23. The van der Waals surface area contributed by atoms with Crippen LogP contribution in [0.5, 0.6) is 0 Å². The van der Waals surface area contributed by atoms with Crippen molar-refractivity contribution in [1.29, 1.82) is 0 Å². The number of hydrogen-bond donors (Lipinski definition) is 2. The highest BCUT2D eigenvalue weighted by molar-refractivity contribution is 7.99. The van der Waals surface area contributed by atoms with Gasteiger partial charge in [0.2, 0.25) is 0 Å². The maximum atomic E-state index is 8.83. The van der Waals surface area contributed by atoms with Crippen molar-refractivity contribution in [2.75, 3.05) is 0 Å². The molecule has 0 aliphatic carbocycles. The topological polar surface area (TPSA) is 84.6 Å². The Balaban J connectivity index is 2.45. The fourth-order valence-corrected chi connectivity index (χ4v) is 2.56. The van der Waals surface area contributed by atoms with E-state index in [0.29, 0.717) is 10.6 Å². The fraction of sp³-hybridized carbons (Fsp3) is 0.167.